The van der Waals surface area contributed by atoms with E-state index >= 15 is 0 Å². The molecule has 1 unspecified atom stereocenters. The van der Waals surface area contributed by atoms with E-state index in [1.165, 1.54) is 28.3 Å². The van der Waals surface area contributed by atoms with Gasteiger partial charge in [-0.3, -0.25) is 4.79 Å². The van der Waals surface area contributed by atoms with Crippen molar-refractivity contribution in [2.24, 2.45) is 0 Å². The Morgan fingerprint density at radius 1 is 1.23 bits per heavy atom. The van der Waals surface area contributed by atoms with Crippen molar-refractivity contribution >= 4 is 5.91 Å². The second kappa shape index (κ2) is 8.28. The number of hydrogen-bond donors (Lipinski definition) is 0. The van der Waals surface area contributed by atoms with Crippen LogP contribution in [0.4, 0.5) is 13.2 Å². The van der Waals surface area contributed by atoms with Gasteiger partial charge in [-0.25, -0.2) is 15.0 Å². The van der Waals surface area contributed by atoms with E-state index in [2.05, 4.69) is 20.1 Å². The van der Waals surface area contributed by atoms with E-state index in [0.29, 0.717) is 11.9 Å². The van der Waals surface area contributed by atoms with Gasteiger partial charge in [0.1, 0.15) is 6.33 Å². The first-order valence-electron chi connectivity index (χ1n) is 8.87. The average molecular weight is 415 g/mol. The number of carbonyl (C=O) groups excluding carboxylic acids is 1. The number of amides is 1. The number of hydrogen-bond acceptors (Lipinski definition) is 6. The SMILES string of the molecule is CCN(C(=O)c1cc(C#N)cc(C(F)(F)F)c1)C(C)c1ncnn1-c1ncccn1. The molecule has 1 aromatic carbocycles. The van der Waals surface area contributed by atoms with Gasteiger partial charge in [0.2, 0.25) is 0 Å². The molecule has 3 rings (SSSR count). The van der Waals surface area contributed by atoms with Gasteiger partial charge >= 0.3 is 6.18 Å². The fourth-order valence-electron chi connectivity index (χ4n) is 2.97. The predicted octanol–water partition coefficient (Wildman–Crippen LogP) is 3.17. The maximum absolute atomic E-state index is 13.2. The summed E-state index contributed by atoms with van der Waals surface area (Å²) >= 11 is 0. The van der Waals surface area contributed by atoms with Crippen LogP contribution < -0.4 is 0 Å². The van der Waals surface area contributed by atoms with Crippen molar-refractivity contribution in [2.75, 3.05) is 6.54 Å². The quantitative estimate of drug-likeness (QED) is 0.635. The minimum absolute atomic E-state index is 0.181. The Hall–Kier alpha value is -3.81. The molecule has 11 heteroatoms. The van der Waals surface area contributed by atoms with Crippen molar-refractivity contribution in [3.8, 4) is 12.0 Å². The van der Waals surface area contributed by atoms with E-state index < -0.39 is 23.7 Å². The summed E-state index contributed by atoms with van der Waals surface area (Å²) < 4.78 is 40.9. The summed E-state index contributed by atoms with van der Waals surface area (Å²) in [6, 6.07) is 5.22. The Labute approximate surface area is 169 Å². The molecule has 2 aromatic heterocycles. The largest absolute Gasteiger partial charge is 0.416 e. The smallest absolute Gasteiger partial charge is 0.329 e. The molecule has 8 nitrogen and oxygen atoms in total. The molecule has 0 spiro atoms. The third-order valence-electron chi connectivity index (χ3n) is 4.39. The monoisotopic (exact) mass is 415 g/mol. The molecular formula is C19H16F3N7O. The van der Waals surface area contributed by atoms with Crippen molar-refractivity contribution in [3.05, 3.63) is 65.5 Å². The minimum atomic E-state index is -4.69. The summed E-state index contributed by atoms with van der Waals surface area (Å²) in [6.45, 7) is 3.54. The molecule has 0 aliphatic heterocycles. The van der Waals surface area contributed by atoms with Crippen LogP contribution in [-0.4, -0.2) is 42.1 Å². The highest BCUT2D eigenvalue weighted by Gasteiger charge is 2.33. The molecule has 0 bridgehead atoms. The van der Waals surface area contributed by atoms with Crippen LogP contribution in [-0.2, 0) is 6.18 Å². The van der Waals surface area contributed by atoms with Crippen LogP contribution in [0.2, 0.25) is 0 Å². The lowest BCUT2D eigenvalue weighted by atomic mass is 10.0. The number of rotatable bonds is 5. The fourth-order valence-corrected chi connectivity index (χ4v) is 2.97. The van der Waals surface area contributed by atoms with Crippen LogP contribution in [0.3, 0.4) is 0 Å². The molecule has 0 N–H and O–H groups in total. The summed E-state index contributed by atoms with van der Waals surface area (Å²) in [7, 11) is 0. The van der Waals surface area contributed by atoms with Gasteiger partial charge in [-0.05, 0) is 38.1 Å². The van der Waals surface area contributed by atoms with E-state index in [-0.39, 0.29) is 23.6 Å². The van der Waals surface area contributed by atoms with E-state index in [1.807, 2.05) is 0 Å². The van der Waals surface area contributed by atoms with E-state index in [0.717, 1.165) is 12.1 Å². The summed E-state index contributed by atoms with van der Waals surface area (Å²) in [5.74, 6) is -0.0915. The highest BCUT2D eigenvalue weighted by atomic mass is 19.4. The Bertz CT molecular complexity index is 1090. The Morgan fingerprint density at radius 3 is 2.53 bits per heavy atom. The lowest BCUT2D eigenvalue weighted by Crippen LogP contribution is -2.35. The molecule has 1 amide bonds. The van der Waals surface area contributed by atoms with Crippen molar-refractivity contribution in [2.45, 2.75) is 26.1 Å². The number of nitrogens with zero attached hydrogens (tertiary/aromatic N) is 7. The Balaban J connectivity index is 1.99. The zero-order chi connectivity index (χ0) is 21.9. The third kappa shape index (κ3) is 4.12. The van der Waals surface area contributed by atoms with Gasteiger partial charge in [0.25, 0.3) is 11.9 Å². The van der Waals surface area contributed by atoms with Crippen molar-refractivity contribution in [1.29, 1.82) is 5.26 Å². The van der Waals surface area contributed by atoms with E-state index in [1.54, 1.807) is 26.0 Å². The van der Waals surface area contributed by atoms with Gasteiger partial charge in [0.15, 0.2) is 5.82 Å². The van der Waals surface area contributed by atoms with Crippen LogP contribution in [0.15, 0.2) is 43.0 Å². The zero-order valence-corrected chi connectivity index (χ0v) is 16.0. The summed E-state index contributed by atoms with van der Waals surface area (Å²) in [5.41, 5.74) is -1.55. The standard InChI is InChI=1S/C19H16F3N7O/c1-3-28(12(2)16-26-11-27-29(16)18-24-5-4-6-25-18)17(30)14-7-13(10-23)8-15(9-14)19(20,21)22/h4-9,11-12H,3H2,1-2H3. The number of carbonyl (C=O) groups is 1. The minimum Gasteiger partial charge on any atom is -0.329 e. The van der Waals surface area contributed by atoms with Crippen LogP contribution >= 0.6 is 0 Å². The normalized spacial score (nSPS) is 12.3. The van der Waals surface area contributed by atoms with Crippen LogP contribution in [0.5, 0.6) is 0 Å². The number of nitriles is 1. The number of alkyl halides is 3. The second-order valence-corrected chi connectivity index (χ2v) is 6.25. The van der Waals surface area contributed by atoms with E-state index in [9.17, 15) is 18.0 Å². The van der Waals surface area contributed by atoms with Crippen LogP contribution in [0.1, 0.15) is 47.2 Å². The molecule has 154 valence electrons. The Kier molecular flexibility index (Phi) is 5.77. The van der Waals surface area contributed by atoms with Crippen molar-refractivity contribution in [3.63, 3.8) is 0 Å². The van der Waals surface area contributed by atoms with Crippen molar-refractivity contribution in [1.82, 2.24) is 29.6 Å². The van der Waals surface area contributed by atoms with Gasteiger partial charge in [0.05, 0.1) is 23.2 Å². The highest BCUT2D eigenvalue weighted by molar-refractivity contribution is 5.95. The fraction of sp³-hybridized carbons (Fsp3) is 0.263. The molecule has 0 aliphatic carbocycles. The average Bonchev–Trinajstić information content (AvgIpc) is 3.23. The van der Waals surface area contributed by atoms with Gasteiger partial charge in [-0.15, -0.1) is 0 Å². The lowest BCUT2D eigenvalue weighted by Gasteiger charge is -2.27. The predicted molar refractivity (Wildman–Crippen MR) is 98.2 cm³/mol. The number of aromatic nitrogens is 5. The maximum Gasteiger partial charge on any atom is 0.416 e. The molecule has 1 atom stereocenters. The highest BCUT2D eigenvalue weighted by Crippen LogP contribution is 2.31. The second-order valence-electron chi connectivity index (χ2n) is 6.25. The maximum atomic E-state index is 13.2. The van der Waals surface area contributed by atoms with Gasteiger partial charge in [0, 0.05) is 24.5 Å². The number of halogens is 3. The van der Waals surface area contributed by atoms with Gasteiger partial charge in [-0.2, -0.15) is 28.2 Å². The first-order chi connectivity index (χ1) is 14.3. The first-order valence-corrected chi connectivity index (χ1v) is 8.87. The van der Waals surface area contributed by atoms with Crippen molar-refractivity contribution < 1.29 is 18.0 Å². The lowest BCUT2D eigenvalue weighted by molar-refractivity contribution is -0.137. The van der Waals surface area contributed by atoms with E-state index in [4.69, 9.17) is 5.26 Å². The molecule has 0 saturated heterocycles. The topological polar surface area (TPSA) is 101 Å². The third-order valence-corrected chi connectivity index (χ3v) is 4.39. The van der Waals surface area contributed by atoms with Gasteiger partial charge in [-0.1, -0.05) is 0 Å². The van der Waals surface area contributed by atoms with Gasteiger partial charge < -0.3 is 4.90 Å². The molecule has 3 aromatic rings. The molecule has 30 heavy (non-hydrogen) atoms. The van der Waals surface area contributed by atoms with Crippen LogP contribution in [0, 0.1) is 11.3 Å². The molecule has 0 fully saturated rings. The Morgan fingerprint density at radius 2 is 1.93 bits per heavy atom. The molecule has 0 aliphatic rings. The summed E-state index contributed by atoms with van der Waals surface area (Å²) in [5, 5.41) is 13.2. The van der Waals surface area contributed by atoms with Crippen LogP contribution in [0.25, 0.3) is 5.95 Å². The summed E-state index contributed by atoms with van der Waals surface area (Å²) in [4.78, 5) is 26.8. The molecule has 0 radical (unpaired) electrons. The summed E-state index contributed by atoms with van der Waals surface area (Å²) in [6.07, 6.45) is -0.367. The molecular weight excluding hydrogens is 399 g/mol. The first kappa shape index (κ1) is 20.9. The zero-order valence-electron chi connectivity index (χ0n) is 16.0. The molecule has 0 saturated carbocycles. The molecule has 2 heterocycles. The number of benzene rings is 1.